The number of thioether (sulfide) groups is 1. The van der Waals surface area contributed by atoms with Gasteiger partial charge in [-0.1, -0.05) is 6.92 Å². The van der Waals surface area contributed by atoms with Crippen LogP contribution in [-0.2, 0) is 9.53 Å². The molecule has 2 atom stereocenters. The Morgan fingerprint density at radius 1 is 1.40 bits per heavy atom. The Bertz CT molecular complexity index is 458. The van der Waals surface area contributed by atoms with E-state index in [1.807, 2.05) is 11.8 Å². The lowest BCUT2D eigenvalue weighted by Crippen LogP contribution is -2.53. The molecule has 0 aliphatic carbocycles. The molecule has 2 unspecified atom stereocenters. The van der Waals surface area contributed by atoms with E-state index in [1.54, 1.807) is 19.0 Å². The third-order valence-electron chi connectivity index (χ3n) is 5.10. The fraction of sp³-hybridized carbons (Fsp3) is 0.889. The molecule has 0 radical (unpaired) electrons. The zero-order chi connectivity index (χ0) is 18.3. The average molecular weight is 371 g/mol. The van der Waals surface area contributed by atoms with Crippen molar-refractivity contribution in [2.45, 2.75) is 63.6 Å². The summed E-state index contributed by atoms with van der Waals surface area (Å²) in [6, 6.07) is 0.669. The first-order valence-electron chi connectivity index (χ1n) is 9.43. The molecule has 0 aromatic carbocycles. The molecule has 7 heteroatoms. The maximum atomic E-state index is 11.9. The van der Waals surface area contributed by atoms with Crippen molar-refractivity contribution in [1.29, 1.82) is 0 Å². The van der Waals surface area contributed by atoms with Crippen molar-refractivity contribution < 1.29 is 9.53 Å². The van der Waals surface area contributed by atoms with E-state index in [9.17, 15) is 4.79 Å². The van der Waals surface area contributed by atoms with E-state index in [2.05, 4.69) is 29.5 Å². The molecule has 2 aliphatic rings. The minimum atomic E-state index is 0.0120. The number of carbonyl (C=O) groups is 1. The van der Waals surface area contributed by atoms with Gasteiger partial charge in [0.2, 0.25) is 5.91 Å². The predicted octanol–water partition coefficient (Wildman–Crippen LogP) is 1.85. The van der Waals surface area contributed by atoms with Crippen molar-refractivity contribution in [1.82, 2.24) is 15.5 Å². The van der Waals surface area contributed by atoms with E-state index >= 15 is 0 Å². The zero-order valence-electron chi connectivity index (χ0n) is 16.1. The molecule has 2 rings (SSSR count). The number of aliphatic imine (C=N–C) groups is 1. The van der Waals surface area contributed by atoms with Crippen molar-refractivity contribution in [2.75, 3.05) is 38.8 Å². The van der Waals surface area contributed by atoms with Crippen LogP contribution in [0.25, 0.3) is 0 Å². The van der Waals surface area contributed by atoms with Crippen molar-refractivity contribution in [2.24, 2.45) is 4.99 Å². The fourth-order valence-corrected chi connectivity index (χ4v) is 4.43. The molecule has 2 aliphatic heterocycles. The normalized spacial score (nSPS) is 24.6. The molecule has 2 N–H and O–H groups in total. The molecule has 25 heavy (non-hydrogen) atoms. The van der Waals surface area contributed by atoms with Crippen molar-refractivity contribution in [3.8, 4) is 0 Å². The molecule has 0 bridgehead atoms. The van der Waals surface area contributed by atoms with Gasteiger partial charge < -0.3 is 20.3 Å². The van der Waals surface area contributed by atoms with E-state index in [1.165, 1.54) is 11.5 Å². The molecule has 0 aromatic rings. The summed E-state index contributed by atoms with van der Waals surface area (Å²) < 4.78 is 6.18. The van der Waals surface area contributed by atoms with Crippen molar-refractivity contribution in [3.05, 3.63) is 0 Å². The summed E-state index contributed by atoms with van der Waals surface area (Å²) in [7, 11) is 3.52. The Kier molecular flexibility index (Phi) is 7.87. The second-order valence-electron chi connectivity index (χ2n) is 7.38. The van der Waals surface area contributed by atoms with Gasteiger partial charge in [-0.15, -0.1) is 0 Å². The fourth-order valence-electron chi connectivity index (χ4n) is 3.19. The minimum Gasteiger partial charge on any atom is -0.375 e. The van der Waals surface area contributed by atoms with Gasteiger partial charge in [-0.25, -0.2) is 4.99 Å². The van der Waals surface area contributed by atoms with Crippen molar-refractivity contribution >= 4 is 23.6 Å². The molecule has 0 saturated carbocycles. The molecular formula is C18H34N4O2S. The summed E-state index contributed by atoms with van der Waals surface area (Å²) in [4.78, 5) is 18.0. The first-order chi connectivity index (χ1) is 11.9. The Morgan fingerprint density at radius 2 is 2.12 bits per heavy atom. The highest BCUT2D eigenvalue weighted by Gasteiger charge is 2.39. The standard InChI is InChI=1S/C18H34N4O2S/c1-5-14(2)20-17(19-13-16(23)22(3)4)21-15-6-9-24-18(12-15)7-10-25-11-8-18/h14-15H,5-13H2,1-4H3,(H2,19,20,21). The molecule has 1 spiro atoms. The molecule has 6 nitrogen and oxygen atoms in total. The molecule has 1 amide bonds. The largest absolute Gasteiger partial charge is 0.375 e. The summed E-state index contributed by atoms with van der Waals surface area (Å²) in [6.45, 7) is 5.25. The lowest BCUT2D eigenvalue weighted by molar-refractivity contribution is -0.127. The Hall–Kier alpha value is -0.950. The van der Waals surface area contributed by atoms with E-state index in [0.717, 1.165) is 44.7 Å². The van der Waals surface area contributed by atoms with Gasteiger partial charge in [-0.3, -0.25) is 4.79 Å². The number of nitrogens with one attached hydrogen (secondary N) is 2. The van der Waals surface area contributed by atoms with Crippen LogP contribution >= 0.6 is 11.8 Å². The molecule has 144 valence electrons. The van der Waals surface area contributed by atoms with Crippen LogP contribution < -0.4 is 10.6 Å². The van der Waals surface area contributed by atoms with E-state index in [0.29, 0.717) is 12.1 Å². The van der Waals surface area contributed by atoms with E-state index in [-0.39, 0.29) is 18.1 Å². The Balaban J connectivity index is 1.99. The third kappa shape index (κ3) is 6.37. The van der Waals surface area contributed by atoms with Crippen LogP contribution in [-0.4, -0.2) is 73.2 Å². The SMILES string of the molecule is CCC(C)NC(=NCC(=O)N(C)C)NC1CCOC2(CCSCC2)C1. The maximum absolute atomic E-state index is 11.9. The van der Waals surface area contributed by atoms with Gasteiger partial charge in [0.25, 0.3) is 0 Å². The Morgan fingerprint density at radius 3 is 2.76 bits per heavy atom. The molecule has 2 heterocycles. The van der Waals surface area contributed by atoms with Gasteiger partial charge in [-0.05, 0) is 50.5 Å². The second kappa shape index (κ2) is 9.67. The average Bonchev–Trinajstić information content (AvgIpc) is 2.59. The van der Waals surface area contributed by atoms with Crippen LogP contribution in [0.2, 0.25) is 0 Å². The summed E-state index contributed by atoms with van der Waals surface area (Å²) in [6.07, 6.45) is 5.30. The van der Waals surface area contributed by atoms with Gasteiger partial charge in [0.1, 0.15) is 6.54 Å². The number of ether oxygens (including phenoxy) is 1. The number of guanidine groups is 1. The summed E-state index contributed by atoms with van der Waals surface area (Å²) in [5, 5.41) is 6.99. The number of hydrogen-bond donors (Lipinski definition) is 2. The summed E-state index contributed by atoms with van der Waals surface area (Å²) in [5.74, 6) is 3.14. The van der Waals surface area contributed by atoms with Gasteiger partial charge in [-0.2, -0.15) is 11.8 Å². The molecular weight excluding hydrogens is 336 g/mol. The number of likely N-dealkylation sites (N-methyl/N-ethyl adjacent to an activating group) is 1. The third-order valence-corrected chi connectivity index (χ3v) is 6.09. The van der Waals surface area contributed by atoms with Crippen LogP contribution in [0.4, 0.5) is 0 Å². The monoisotopic (exact) mass is 370 g/mol. The van der Waals surface area contributed by atoms with Gasteiger partial charge >= 0.3 is 0 Å². The topological polar surface area (TPSA) is 66.0 Å². The van der Waals surface area contributed by atoms with Gasteiger partial charge in [0.05, 0.1) is 5.60 Å². The lowest BCUT2D eigenvalue weighted by Gasteiger charge is -2.43. The smallest absolute Gasteiger partial charge is 0.243 e. The van der Waals surface area contributed by atoms with E-state index < -0.39 is 0 Å². The predicted molar refractivity (Wildman–Crippen MR) is 105 cm³/mol. The number of amides is 1. The second-order valence-corrected chi connectivity index (χ2v) is 8.61. The summed E-state index contributed by atoms with van der Waals surface area (Å²) in [5.41, 5.74) is 0.0438. The minimum absolute atomic E-state index is 0.0120. The lowest BCUT2D eigenvalue weighted by atomic mass is 9.85. The molecule has 2 saturated heterocycles. The highest BCUT2D eigenvalue weighted by Crippen LogP contribution is 2.37. The van der Waals surface area contributed by atoms with Crippen LogP contribution in [0.3, 0.4) is 0 Å². The van der Waals surface area contributed by atoms with Crippen molar-refractivity contribution in [3.63, 3.8) is 0 Å². The number of carbonyl (C=O) groups excluding carboxylic acids is 1. The van der Waals surface area contributed by atoms with Crippen LogP contribution in [0, 0.1) is 0 Å². The maximum Gasteiger partial charge on any atom is 0.243 e. The first-order valence-corrected chi connectivity index (χ1v) is 10.6. The number of nitrogens with zero attached hydrogens (tertiary/aromatic N) is 2. The van der Waals surface area contributed by atoms with Gasteiger partial charge in [0.15, 0.2) is 5.96 Å². The van der Waals surface area contributed by atoms with Crippen LogP contribution in [0.1, 0.15) is 46.0 Å². The highest BCUT2D eigenvalue weighted by molar-refractivity contribution is 7.99. The first kappa shape index (κ1) is 20.4. The highest BCUT2D eigenvalue weighted by atomic mass is 32.2. The zero-order valence-corrected chi connectivity index (χ0v) is 17.0. The quantitative estimate of drug-likeness (QED) is 0.571. The summed E-state index contributed by atoms with van der Waals surface area (Å²) >= 11 is 2.02. The molecule has 0 aromatic heterocycles. The van der Waals surface area contributed by atoms with E-state index in [4.69, 9.17) is 4.74 Å². The van der Waals surface area contributed by atoms with Crippen LogP contribution in [0.5, 0.6) is 0 Å². The molecule has 2 fully saturated rings. The number of rotatable bonds is 5. The van der Waals surface area contributed by atoms with Gasteiger partial charge in [0, 0.05) is 32.8 Å². The Labute approximate surface area is 156 Å². The van der Waals surface area contributed by atoms with Crippen LogP contribution in [0.15, 0.2) is 4.99 Å². The number of hydrogen-bond acceptors (Lipinski definition) is 4.